The Morgan fingerprint density at radius 1 is 1.44 bits per heavy atom. The first-order chi connectivity index (χ1) is 7.78. The molecule has 1 aromatic carbocycles. The molecule has 3 heteroatoms. The van der Waals surface area contributed by atoms with Gasteiger partial charge in [-0.05, 0) is 48.4 Å². The van der Waals surface area contributed by atoms with E-state index in [1.54, 1.807) is 12.1 Å². The van der Waals surface area contributed by atoms with Crippen LogP contribution in [0.4, 0.5) is 4.39 Å². The monoisotopic (exact) mass is 235 g/mol. The molecule has 0 spiro atoms. The maximum atomic E-state index is 13.1. The minimum absolute atomic E-state index is 0.0960. The summed E-state index contributed by atoms with van der Waals surface area (Å²) < 4.78 is 13.1. The Morgan fingerprint density at radius 2 is 2.38 bits per heavy atom. The SMILES string of the molecule is Fc1ccc2c(c1)SC([C@@]13CNCC1C3)C2. The fraction of sp³-hybridized carbons (Fsp3) is 0.538. The molecular weight excluding hydrogens is 221 g/mol. The highest BCUT2D eigenvalue weighted by molar-refractivity contribution is 8.00. The molecule has 0 aromatic heterocycles. The molecule has 2 unspecified atom stereocenters. The number of nitrogens with one attached hydrogen (secondary N) is 1. The minimum atomic E-state index is -0.0960. The Hall–Kier alpha value is -0.540. The molecule has 1 aliphatic carbocycles. The maximum absolute atomic E-state index is 13.1. The van der Waals surface area contributed by atoms with E-state index in [0.29, 0.717) is 10.7 Å². The molecule has 2 aliphatic heterocycles. The molecule has 3 aliphatic rings. The summed E-state index contributed by atoms with van der Waals surface area (Å²) in [6.07, 6.45) is 2.52. The van der Waals surface area contributed by atoms with Crippen LogP contribution in [0.25, 0.3) is 0 Å². The number of thioether (sulfide) groups is 1. The first kappa shape index (κ1) is 9.49. The summed E-state index contributed by atoms with van der Waals surface area (Å²) in [6.45, 7) is 2.37. The average Bonchev–Trinajstić information content (AvgIpc) is 2.69. The predicted molar refractivity (Wildman–Crippen MR) is 63.2 cm³/mol. The molecular formula is C13H14FNS. The fourth-order valence-electron chi connectivity index (χ4n) is 3.40. The van der Waals surface area contributed by atoms with E-state index in [0.717, 1.165) is 12.3 Å². The van der Waals surface area contributed by atoms with Gasteiger partial charge in [-0.3, -0.25) is 0 Å². The Kier molecular flexibility index (Phi) is 1.79. The molecule has 1 saturated heterocycles. The van der Waals surface area contributed by atoms with E-state index in [9.17, 15) is 4.39 Å². The molecule has 0 radical (unpaired) electrons. The molecule has 84 valence electrons. The first-order valence-corrected chi connectivity index (χ1v) is 6.82. The zero-order chi connectivity index (χ0) is 10.8. The topological polar surface area (TPSA) is 12.0 Å². The van der Waals surface area contributed by atoms with Crippen molar-refractivity contribution in [1.82, 2.24) is 5.32 Å². The Morgan fingerprint density at radius 3 is 3.12 bits per heavy atom. The van der Waals surface area contributed by atoms with Crippen molar-refractivity contribution in [3.05, 3.63) is 29.6 Å². The van der Waals surface area contributed by atoms with E-state index >= 15 is 0 Å². The molecule has 3 atom stereocenters. The summed E-state index contributed by atoms with van der Waals surface area (Å²) in [4.78, 5) is 1.18. The van der Waals surface area contributed by atoms with Gasteiger partial charge >= 0.3 is 0 Å². The molecule has 0 amide bonds. The van der Waals surface area contributed by atoms with Gasteiger partial charge in [0.2, 0.25) is 0 Å². The molecule has 1 aromatic rings. The van der Waals surface area contributed by atoms with Crippen molar-refractivity contribution in [1.29, 1.82) is 0 Å². The predicted octanol–water partition coefficient (Wildman–Crippen LogP) is 2.45. The molecule has 0 bridgehead atoms. The number of hydrogen-bond donors (Lipinski definition) is 1. The van der Waals surface area contributed by atoms with Crippen LogP contribution in [-0.4, -0.2) is 18.3 Å². The van der Waals surface area contributed by atoms with Gasteiger partial charge in [0.15, 0.2) is 0 Å². The Labute approximate surface area is 98.8 Å². The molecule has 16 heavy (non-hydrogen) atoms. The van der Waals surface area contributed by atoms with Gasteiger partial charge < -0.3 is 5.32 Å². The molecule has 4 rings (SSSR count). The van der Waals surface area contributed by atoms with Gasteiger partial charge in [0.1, 0.15) is 5.82 Å². The molecule has 2 fully saturated rings. The van der Waals surface area contributed by atoms with E-state index in [-0.39, 0.29) is 5.82 Å². The molecule has 1 nitrogen and oxygen atoms in total. The minimum Gasteiger partial charge on any atom is -0.316 e. The lowest BCUT2D eigenvalue weighted by Gasteiger charge is -2.18. The smallest absolute Gasteiger partial charge is 0.124 e. The Bertz CT molecular complexity index is 461. The van der Waals surface area contributed by atoms with E-state index in [1.165, 1.54) is 30.0 Å². The van der Waals surface area contributed by atoms with Crippen LogP contribution in [0.15, 0.2) is 23.1 Å². The summed E-state index contributed by atoms with van der Waals surface area (Å²) in [6, 6.07) is 5.27. The van der Waals surface area contributed by atoms with Crippen molar-refractivity contribution in [2.45, 2.75) is 23.0 Å². The van der Waals surface area contributed by atoms with Crippen molar-refractivity contribution in [2.24, 2.45) is 11.3 Å². The van der Waals surface area contributed by atoms with Crippen LogP contribution in [0.1, 0.15) is 12.0 Å². The van der Waals surface area contributed by atoms with E-state index in [4.69, 9.17) is 0 Å². The van der Waals surface area contributed by atoms with Gasteiger partial charge in [-0.1, -0.05) is 6.07 Å². The fourth-order valence-corrected chi connectivity index (χ4v) is 5.06. The van der Waals surface area contributed by atoms with Crippen LogP contribution >= 0.6 is 11.8 Å². The van der Waals surface area contributed by atoms with Crippen LogP contribution in [0.3, 0.4) is 0 Å². The van der Waals surface area contributed by atoms with Crippen LogP contribution in [0.5, 0.6) is 0 Å². The summed E-state index contributed by atoms with van der Waals surface area (Å²) in [5, 5.41) is 4.17. The lowest BCUT2D eigenvalue weighted by Crippen LogP contribution is -2.25. The van der Waals surface area contributed by atoms with Gasteiger partial charge in [0.05, 0.1) is 0 Å². The molecule has 1 N–H and O–H groups in total. The second-order valence-corrected chi connectivity index (χ2v) is 6.57. The van der Waals surface area contributed by atoms with E-state index < -0.39 is 0 Å². The van der Waals surface area contributed by atoms with Gasteiger partial charge in [0.25, 0.3) is 0 Å². The lowest BCUT2D eigenvalue weighted by atomic mass is 9.96. The van der Waals surface area contributed by atoms with Crippen molar-refractivity contribution in [2.75, 3.05) is 13.1 Å². The normalized spacial score (nSPS) is 39.6. The van der Waals surface area contributed by atoms with E-state index in [2.05, 4.69) is 5.32 Å². The first-order valence-electron chi connectivity index (χ1n) is 5.94. The summed E-state index contributed by atoms with van der Waals surface area (Å²) in [5.74, 6) is 0.797. The number of halogens is 1. The highest BCUT2D eigenvalue weighted by atomic mass is 32.2. The number of benzene rings is 1. The second-order valence-electron chi connectivity index (χ2n) is 5.33. The molecule has 1 saturated carbocycles. The average molecular weight is 235 g/mol. The summed E-state index contributed by atoms with van der Waals surface area (Å²) in [7, 11) is 0. The quantitative estimate of drug-likeness (QED) is 0.802. The van der Waals surface area contributed by atoms with Gasteiger partial charge in [-0.25, -0.2) is 4.39 Å². The van der Waals surface area contributed by atoms with Crippen molar-refractivity contribution in [3.8, 4) is 0 Å². The zero-order valence-electron chi connectivity index (χ0n) is 9.00. The highest BCUT2D eigenvalue weighted by Gasteiger charge is 2.62. The van der Waals surface area contributed by atoms with Gasteiger partial charge in [0, 0.05) is 16.7 Å². The van der Waals surface area contributed by atoms with Crippen molar-refractivity contribution >= 4 is 11.8 Å². The van der Waals surface area contributed by atoms with Crippen molar-refractivity contribution in [3.63, 3.8) is 0 Å². The zero-order valence-corrected chi connectivity index (χ0v) is 9.82. The third-order valence-electron chi connectivity index (χ3n) is 4.47. The van der Waals surface area contributed by atoms with Gasteiger partial charge in [-0.2, -0.15) is 0 Å². The lowest BCUT2D eigenvalue weighted by molar-refractivity contribution is 0.491. The largest absolute Gasteiger partial charge is 0.316 e. The number of hydrogen-bond acceptors (Lipinski definition) is 2. The van der Waals surface area contributed by atoms with Crippen molar-refractivity contribution < 1.29 is 4.39 Å². The highest BCUT2D eigenvalue weighted by Crippen LogP contribution is 2.63. The number of fused-ring (bicyclic) bond motifs is 2. The van der Waals surface area contributed by atoms with Crippen LogP contribution < -0.4 is 5.32 Å². The second kappa shape index (κ2) is 3.02. The van der Waals surface area contributed by atoms with Crippen LogP contribution in [0, 0.1) is 17.2 Å². The van der Waals surface area contributed by atoms with Crippen LogP contribution in [-0.2, 0) is 6.42 Å². The van der Waals surface area contributed by atoms with Crippen LogP contribution in [0.2, 0.25) is 0 Å². The van der Waals surface area contributed by atoms with Gasteiger partial charge in [-0.15, -0.1) is 11.8 Å². The third kappa shape index (κ3) is 1.16. The third-order valence-corrected chi connectivity index (χ3v) is 6.02. The molecule has 2 heterocycles. The standard InChI is InChI=1S/C13H14FNS/c14-10-2-1-8-3-12(16-11(8)4-10)13-5-9(13)6-15-7-13/h1-2,4,9,12,15H,3,5-7H2/t9?,12?,13-/m0/s1. The number of piperidine rings is 1. The summed E-state index contributed by atoms with van der Waals surface area (Å²) in [5.41, 5.74) is 1.89. The maximum Gasteiger partial charge on any atom is 0.124 e. The van der Waals surface area contributed by atoms with E-state index in [1.807, 2.05) is 17.8 Å². The number of rotatable bonds is 1. The summed E-state index contributed by atoms with van der Waals surface area (Å²) >= 11 is 1.91. The Balaban J connectivity index is 1.64.